The van der Waals surface area contributed by atoms with Gasteiger partial charge >= 0.3 is 5.97 Å². The third-order valence-corrected chi connectivity index (χ3v) is 5.19. The molecule has 0 saturated heterocycles. The zero-order valence-corrected chi connectivity index (χ0v) is 17.6. The number of carbonyl (C=O) groups is 3. The molecule has 2 aromatic rings. The number of ether oxygens (including phenoxy) is 1. The number of carbonyl (C=O) groups excluding carboxylic acids is 3. The van der Waals surface area contributed by atoms with E-state index >= 15 is 0 Å². The summed E-state index contributed by atoms with van der Waals surface area (Å²) >= 11 is 10.5. The molecule has 0 atom stereocenters. The maximum atomic E-state index is 11.9. The van der Waals surface area contributed by atoms with Gasteiger partial charge in [-0.05, 0) is 47.5 Å². The molecule has 1 aromatic carbocycles. The van der Waals surface area contributed by atoms with E-state index in [0.29, 0.717) is 20.3 Å². The minimum atomic E-state index is -0.653. The van der Waals surface area contributed by atoms with Crippen molar-refractivity contribution in [1.29, 1.82) is 0 Å². The van der Waals surface area contributed by atoms with Gasteiger partial charge in [0.25, 0.3) is 5.91 Å². The third-order valence-electron chi connectivity index (χ3n) is 3.23. The molecule has 1 aromatic heterocycles. The van der Waals surface area contributed by atoms with Crippen LogP contribution in [0.1, 0.15) is 23.4 Å². The lowest BCUT2D eigenvalue weighted by molar-refractivity contribution is -0.147. The maximum absolute atomic E-state index is 11.9. The quantitative estimate of drug-likeness (QED) is 0.593. The van der Waals surface area contributed by atoms with E-state index in [1.54, 1.807) is 26.0 Å². The van der Waals surface area contributed by atoms with Gasteiger partial charge in [0.1, 0.15) is 5.01 Å². The second-order valence-corrected chi connectivity index (χ2v) is 7.91. The highest BCUT2D eigenvalue weighted by Gasteiger charge is 2.13. The Labute approximate surface area is 172 Å². The molecule has 0 saturated carbocycles. The minimum absolute atomic E-state index is 0.0828. The van der Waals surface area contributed by atoms with Crippen LogP contribution in [0.5, 0.6) is 0 Å². The van der Waals surface area contributed by atoms with E-state index in [4.69, 9.17) is 16.3 Å². The Morgan fingerprint density at radius 1 is 1.15 bits per heavy atom. The van der Waals surface area contributed by atoms with E-state index in [9.17, 15) is 14.4 Å². The van der Waals surface area contributed by atoms with Crippen molar-refractivity contribution in [2.45, 2.75) is 26.7 Å². The predicted octanol–water partition coefficient (Wildman–Crippen LogP) is 3.47. The summed E-state index contributed by atoms with van der Waals surface area (Å²) in [6, 6.07) is 3.36. The van der Waals surface area contributed by atoms with Gasteiger partial charge in [-0.25, -0.2) is 0 Å². The highest BCUT2D eigenvalue weighted by atomic mass is 79.9. The summed E-state index contributed by atoms with van der Waals surface area (Å²) in [5, 5.41) is 14.2. The number of nitrogens with one attached hydrogen (secondary N) is 2. The van der Waals surface area contributed by atoms with Crippen LogP contribution in [0.25, 0.3) is 0 Å². The number of nitrogens with zero attached hydrogens (tertiary/aromatic N) is 2. The Morgan fingerprint density at radius 2 is 1.89 bits per heavy atom. The maximum Gasteiger partial charge on any atom is 0.306 e. The van der Waals surface area contributed by atoms with Crippen LogP contribution in [0.4, 0.5) is 10.8 Å². The Balaban J connectivity index is 1.72. The number of amides is 2. The highest BCUT2D eigenvalue weighted by Crippen LogP contribution is 2.28. The molecule has 0 aliphatic carbocycles. The number of anilines is 2. The summed E-state index contributed by atoms with van der Waals surface area (Å²) in [5.74, 6) is -1.54. The molecule has 0 spiro atoms. The van der Waals surface area contributed by atoms with E-state index in [2.05, 4.69) is 36.8 Å². The molecule has 11 heteroatoms. The summed E-state index contributed by atoms with van der Waals surface area (Å²) < 4.78 is 5.59. The molecule has 2 N–H and O–H groups in total. The van der Waals surface area contributed by atoms with Gasteiger partial charge in [-0.3, -0.25) is 14.4 Å². The average Bonchev–Trinajstić information content (AvgIpc) is 3.00. The second-order valence-electron chi connectivity index (χ2n) is 5.46. The summed E-state index contributed by atoms with van der Waals surface area (Å²) in [5.41, 5.74) is 1.32. The van der Waals surface area contributed by atoms with Gasteiger partial charge in [0, 0.05) is 16.6 Å². The number of benzene rings is 1. The molecule has 0 unspecified atom stereocenters. The summed E-state index contributed by atoms with van der Waals surface area (Å²) in [7, 11) is 0. The first-order chi connectivity index (χ1) is 12.7. The van der Waals surface area contributed by atoms with Crippen LogP contribution in [-0.4, -0.2) is 34.6 Å². The monoisotopic (exact) mass is 474 g/mol. The number of hydrogen-bond acceptors (Lipinski definition) is 7. The fourth-order valence-corrected chi connectivity index (χ4v) is 3.16. The lowest BCUT2D eigenvalue weighted by atomic mass is 10.2. The van der Waals surface area contributed by atoms with E-state index < -0.39 is 18.5 Å². The number of halogens is 2. The molecule has 2 amide bonds. The minimum Gasteiger partial charge on any atom is -0.456 e. The van der Waals surface area contributed by atoms with Gasteiger partial charge in [0.05, 0.1) is 11.4 Å². The fraction of sp³-hybridized carbons (Fsp3) is 0.312. The lowest BCUT2D eigenvalue weighted by Gasteiger charge is -2.10. The molecule has 27 heavy (non-hydrogen) atoms. The lowest BCUT2D eigenvalue weighted by Crippen LogP contribution is -2.22. The van der Waals surface area contributed by atoms with Crippen molar-refractivity contribution in [2.24, 2.45) is 0 Å². The van der Waals surface area contributed by atoms with E-state index in [1.165, 1.54) is 11.3 Å². The van der Waals surface area contributed by atoms with Crippen LogP contribution in [0.15, 0.2) is 16.6 Å². The number of hydrogen-bond donors (Lipinski definition) is 2. The first-order valence-electron chi connectivity index (χ1n) is 7.75. The first-order valence-corrected chi connectivity index (χ1v) is 9.74. The Morgan fingerprint density at radius 3 is 2.56 bits per heavy atom. The molecule has 144 valence electrons. The highest BCUT2D eigenvalue weighted by molar-refractivity contribution is 9.10. The first kappa shape index (κ1) is 21.3. The number of esters is 1. The molecular weight excluding hydrogens is 460 g/mol. The number of rotatable bonds is 7. The third kappa shape index (κ3) is 6.89. The van der Waals surface area contributed by atoms with Gasteiger partial charge in [0.2, 0.25) is 11.0 Å². The summed E-state index contributed by atoms with van der Waals surface area (Å²) in [4.78, 5) is 35.3. The molecule has 0 aliphatic heterocycles. The Bertz CT molecular complexity index is 874. The van der Waals surface area contributed by atoms with Crippen molar-refractivity contribution < 1.29 is 19.1 Å². The van der Waals surface area contributed by atoms with Crippen molar-refractivity contribution in [1.82, 2.24) is 10.2 Å². The normalized spacial score (nSPS) is 10.4. The molecule has 0 fully saturated rings. The van der Waals surface area contributed by atoms with Crippen molar-refractivity contribution in [3.63, 3.8) is 0 Å². The molecule has 8 nitrogen and oxygen atoms in total. The summed E-state index contributed by atoms with van der Waals surface area (Å²) in [6.45, 7) is 3.11. The van der Waals surface area contributed by atoms with Crippen LogP contribution in [0, 0.1) is 13.8 Å². The SMILES string of the molecule is Cc1nnc(NC(=O)CCC(=O)OCC(=O)Nc2cc(Cl)c(Br)cc2C)s1. The van der Waals surface area contributed by atoms with Gasteiger partial charge in [-0.15, -0.1) is 10.2 Å². The topological polar surface area (TPSA) is 110 Å². The Hall–Kier alpha value is -2.04. The van der Waals surface area contributed by atoms with Crippen LogP contribution in [0.3, 0.4) is 0 Å². The fourth-order valence-electron chi connectivity index (χ4n) is 1.93. The smallest absolute Gasteiger partial charge is 0.306 e. The second kappa shape index (κ2) is 9.77. The van der Waals surface area contributed by atoms with Crippen LogP contribution in [-0.2, 0) is 19.1 Å². The zero-order valence-electron chi connectivity index (χ0n) is 14.5. The largest absolute Gasteiger partial charge is 0.456 e. The Kier molecular flexibility index (Phi) is 7.69. The summed E-state index contributed by atoms with van der Waals surface area (Å²) in [6.07, 6.45) is -0.236. The molecule has 0 aliphatic rings. The molecule has 2 rings (SSSR count). The van der Waals surface area contributed by atoms with E-state index in [1.807, 2.05) is 0 Å². The predicted molar refractivity (Wildman–Crippen MR) is 106 cm³/mol. The van der Waals surface area contributed by atoms with E-state index in [-0.39, 0.29) is 18.7 Å². The average molecular weight is 476 g/mol. The number of aryl methyl sites for hydroxylation is 2. The zero-order chi connectivity index (χ0) is 20.0. The molecule has 0 radical (unpaired) electrons. The van der Waals surface area contributed by atoms with Gasteiger partial charge in [-0.1, -0.05) is 22.9 Å². The molecular formula is C16H16BrClN4O4S. The van der Waals surface area contributed by atoms with Crippen LogP contribution in [0.2, 0.25) is 5.02 Å². The molecule has 0 bridgehead atoms. The standard InChI is InChI=1S/C16H16BrClN4O4S/c1-8-5-10(17)11(18)6-12(8)19-14(24)7-26-15(25)4-3-13(23)20-16-22-21-9(2)27-16/h5-6H,3-4,7H2,1-2H3,(H,19,24)(H,20,22,23). The molecule has 1 heterocycles. The van der Waals surface area contributed by atoms with Gasteiger partial charge < -0.3 is 15.4 Å². The van der Waals surface area contributed by atoms with Gasteiger partial charge in [0.15, 0.2) is 6.61 Å². The van der Waals surface area contributed by atoms with Crippen molar-refractivity contribution in [3.05, 3.63) is 32.2 Å². The van der Waals surface area contributed by atoms with Crippen LogP contribution >= 0.6 is 38.9 Å². The number of aromatic nitrogens is 2. The van der Waals surface area contributed by atoms with Crippen molar-refractivity contribution >= 4 is 67.5 Å². The van der Waals surface area contributed by atoms with Gasteiger partial charge in [-0.2, -0.15) is 0 Å². The van der Waals surface area contributed by atoms with Crippen molar-refractivity contribution in [2.75, 3.05) is 17.2 Å². The van der Waals surface area contributed by atoms with Crippen molar-refractivity contribution in [3.8, 4) is 0 Å². The van der Waals surface area contributed by atoms with E-state index in [0.717, 1.165) is 10.6 Å². The van der Waals surface area contributed by atoms with Crippen LogP contribution < -0.4 is 10.6 Å².